The third-order valence-electron chi connectivity index (χ3n) is 1.90. The molecule has 0 aliphatic rings. The molecule has 1 heterocycles. The number of hydrogen-bond donors (Lipinski definition) is 1. The summed E-state index contributed by atoms with van der Waals surface area (Å²) < 4.78 is 5.42. The highest BCUT2D eigenvalue weighted by atomic mass is 32.1. The van der Waals surface area contributed by atoms with E-state index in [0.29, 0.717) is 0 Å². The van der Waals surface area contributed by atoms with Crippen molar-refractivity contribution in [3.63, 3.8) is 0 Å². The van der Waals surface area contributed by atoms with Crippen molar-refractivity contribution in [3.8, 4) is 0 Å². The molecule has 0 aliphatic heterocycles. The molecule has 0 amide bonds. The van der Waals surface area contributed by atoms with Gasteiger partial charge in [0.1, 0.15) is 0 Å². The Kier molecular flexibility index (Phi) is 1.83. The Labute approximate surface area is 74.6 Å². The van der Waals surface area contributed by atoms with Crippen molar-refractivity contribution in [2.75, 3.05) is 0 Å². The van der Waals surface area contributed by atoms with Crippen LogP contribution in [-0.4, -0.2) is 9.48 Å². The van der Waals surface area contributed by atoms with E-state index in [1.54, 1.807) is 0 Å². The number of fused-ring (bicyclic) bond motifs is 1. The van der Waals surface area contributed by atoms with Crippen LogP contribution in [0, 0.1) is 6.92 Å². The Balaban J connectivity index is 2.71. The highest BCUT2D eigenvalue weighted by Gasteiger charge is 2.01. The zero-order chi connectivity index (χ0) is 8.55. The Morgan fingerprint density at radius 1 is 1.50 bits per heavy atom. The van der Waals surface area contributed by atoms with Crippen LogP contribution >= 0.6 is 11.5 Å². The van der Waals surface area contributed by atoms with Crippen LogP contribution in [-0.2, 0) is 6.61 Å². The number of aromatic nitrogens is 1. The molecule has 0 saturated heterocycles. The number of nitrogens with zero attached hydrogens (tertiary/aromatic N) is 1. The Morgan fingerprint density at radius 2 is 2.33 bits per heavy atom. The quantitative estimate of drug-likeness (QED) is 0.727. The second-order valence-corrected chi connectivity index (χ2v) is 3.56. The first-order valence-electron chi connectivity index (χ1n) is 3.77. The molecule has 12 heavy (non-hydrogen) atoms. The summed E-state index contributed by atoms with van der Waals surface area (Å²) in [6, 6.07) is 5.93. The van der Waals surface area contributed by atoms with Gasteiger partial charge in [-0.05, 0) is 36.2 Å². The van der Waals surface area contributed by atoms with E-state index in [1.165, 1.54) is 16.2 Å². The Bertz CT molecular complexity index is 408. The van der Waals surface area contributed by atoms with E-state index < -0.39 is 0 Å². The number of aliphatic hydroxyl groups excluding tert-OH is 1. The maximum atomic E-state index is 8.91. The lowest BCUT2D eigenvalue weighted by molar-refractivity contribution is 0.282. The second-order valence-electron chi connectivity index (χ2n) is 2.76. The van der Waals surface area contributed by atoms with Crippen LogP contribution in [0.3, 0.4) is 0 Å². The highest BCUT2D eigenvalue weighted by molar-refractivity contribution is 7.13. The molecule has 1 N–H and O–H groups in total. The topological polar surface area (TPSA) is 33.1 Å². The third-order valence-corrected chi connectivity index (χ3v) is 2.82. The summed E-state index contributed by atoms with van der Waals surface area (Å²) in [6.45, 7) is 2.09. The lowest BCUT2D eigenvalue weighted by Crippen LogP contribution is -1.81. The van der Waals surface area contributed by atoms with Crippen molar-refractivity contribution in [2.24, 2.45) is 0 Å². The van der Waals surface area contributed by atoms with E-state index in [1.807, 2.05) is 25.1 Å². The van der Waals surface area contributed by atoms with Crippen LogP contribution < -0.4 is 0 Å². The van der Waals surface area contributed by atoms with Gasteiger partial charge in [-0.25, -0.2) is 0 Å². The molecule has 2 aromatic rings. The lowest BCUT2D eigenvalue weighted by atomic mass is 10.1. The van der Waals surface area contributed by atoms with Crippen LogP contribution in [0.5, 0.6) is 0 Å². The van der Waals surface area contributed by atoms with Gasteiger partial charge in [0.05, 0.1) is 17.0 Å². The number of hydrogen-bond acceptors (Lipinski definition) is 3. The minimum atomic E-state index is 0.102. The number of aryl methyl sites for hydroxylation is 1. The van der Waals surface area contributed by atoms with Crippen molar-refractivity contribution >= 4 is 21.6 Å². The van der Waals surface area contributed by atoms with E-state index in [4.69, 9.17) is 5.11 Å². The van der Waals surface area contributed by atoms with Gasteiger partial charge in [0.15, 0.2) is 0 Å². The first kappa shape index (κ1) is 7.71. The molecule has 0 unspecified atom stereocenters. The molecule has 0 spiro atoms. The van der Waals surface area contributed by atoms with E-state index in [9.17, 15) is 0 Å². The fraction of sp³-hybridized carbons (Fsp3) is 0.222. The van der Waals surface area contributed by atoms with Gasteiger partial charge in [-0.2, -0.15) is 4.37 Å². The molecule has 3 heteroatoms. The minimum absolute atomic E-state index is 0.102. The van der Waals surface area contributed by atoms with E-state index in [0.717, 1.165) is 16.6 Å². The van der Waals surface area contributed by atoms with Gasteiger partial charge >= 0.3 is 0 Å². The summed E-state index contributed by atoms with van der Waals surface area (Å²) in [5, 5.41) is 10.1. The molecule has 0 fully saturated rings. The minimum Gasteiger partial charge on any atom is -0.392 e. The molecule has 0 aliphatic carbocycles. The molecule has 0 bridgehead atoms. The van der Waals surface area contributed by atoms with Gasteiger partial charge in [-0.3, -0.25) is 0 Å². The molecule has 2 nitrogen and oxygen atoms in total. The zero-order valence-electron chi connectivity index (χ0n) is 6.74. The maximum absolute atomic E-state index is 8.91. The summed E-state index contributed by atoms with van der Waals surface area (Å²) in [5.41, 5.74) is 2.00. The van der Waals surface area contributed by atoms with Gasteiger partial charge in [0.25, 0.3) is 0 Å². The molecule has 0 saturated carbocycles. The SMILES string of the molecule is Cc1nsc2ccc(CO)cc12. The van der Waals surface area contributed by atoms with Crippen LogP contribution in [0.1, 0.15) is 11.3 Å². The normalized spacial score (nSPS) is 10.8. The summed E-state index contributed by atoms with van der Waals surface area (Å²) in [4.78, 5) is 0. The highest BCUT2D eigenvalue weighted by Crippen LogP contribution is 2.22. The lowest BCUT2D eigenvalue weighted by Gasteiger charge is -1.94. The molecule has 0 atom stereocenters. The predicted octanol–water partition coefficient (Wildman–Crippen LogP) is 2.10. The van der Waals surface area contributed by atoms with Crippen molar-refractivity contribution < 1.29 is 5.11 Å². The van der Waals surface area contributed by atoms with Crippen molar-refractivity contribution in [1.82, 2.24) is 4.37 Å². The first-order valence-corrected chi connectivity index (χ1v) is 4.54. The monoisotopic (exact) mass is 179 g/mol. The average molecular weight is 179 g/mol. The number of benzene rings is 1. The molecule has 1 aromatic carbocycles. The summed E-state index contributed by atoms with van der Waals surface area (Å²) in [5.74, 6) is 0. The fourth-order valence-electron chi connectivity index (χ4n) is 1.20. The van der Waals surface area contributed by atoms with Crippen molar-refractivity contribution in [3.05, 3.63) is 29.5 Å². The largest absolute Gasteiger partial charge is 0.392 e. The Hall–Kier alpha value is -0.930. The van der Waals surface area contributed by atoms with Gasteiger partial charge < -0.3 is 5.11 Å². The third kappa shape index (κ3) is 1.11. The van der Waals surface area contributed by atoms with Gasteiger partial charge in [-0.15, -0.1) is 0 Å². The van der Waals surface area contributed by atoms with Crippen LogP contribution in [0.15, 0.2) is 18.2 Å². The molecule has 2 rings (SSSR count). The maximum Gasteiger partial charge on any atom is 0.0682 e. The summed E-state index contributed by atoms with van der Waals surface area (Å²) in [7, 11) is 0. The molecular formula is C9H9NOS. The van der Waals surface area contributed by atoms with Gasteiger partial charge in [0.2, 0.25) is 0 Å². The first-order chi connectivity index (χ1) is 5.81. The van der Waals surface area contributed by atoms with E-state index in [2.05, 4.69) is 4.37 Å². The van der Waals surface area contributed by atoms with E-state index >= 15 is 0 Å². The second kappa shape index (κ2) is 2.84. The predicted molar refractivity (Wildman–Crippen MR) is 50.3 cm³/mol. The number of rotatable bonds is 1. The van der Waals surface area contributed by atoms with Gasteiger partial charge in [-0.1, -0.05) is 6.07 Å². The fourth-order valence-corrected chi connectivity index (χ4v) is 1.97. The van der Waals surface area contributed by atoms with Crippen molar-refractivity contribution in [2.45, 2.75) is 13.5 Å². The molecule has 0 radical (unpaired) electrons. The molecular weight excluding hydrogens is 170 g/mol. The van der Waals surface area contributed by atoms with Crippen LogP contribution in [0.2, 0.25) is 0 Å². The Morgan fingerprint density at radius 3 is 3.08 bits per heavy atom. The van der Waals surface area contributed by atoms with Crippen LogP contribution in [0.4, 0.5) is 0 Å². The molecule has 1 aromatic heterocycles. The standard InChI is InChI=1S/C9H9NOS/c1-6-8-4-7(5-11)2-3-9(8)12-10-6/h2-4,11H,5H2,1H3. The zero-order valence-corrected chi connectivity index (χ0v) is 7.56. The average Bonchev–Trinajstić information content (AvgIpc) is 2.47. The van der Waals surface area contributed by atoms with Gasteiger partial charge in [0, 0.05) is 5.39 Å². The smallest absolute Gasteiger partial charge is 0.0682 e. The summed E-state index contributed by atoms with van der Waals surface area (Å²) in [6.07, 6.45) is 0. The van der Waals surface area contributed by atoms with Crippen molar-refractivity contribution in [1.29, 1.82) is 0 Å². The van der Waals surface area contributed by atoms with Crippen LogP contribution in [0.25, 0.3) is 10.1 Å². The summed E-state index contributed by atoms with van der Waals surface area (Å²) >= 11 is 1.50. The van der Waals surface area contributed by atoms with E-state index in [-0.39, 0.29) is 6.61 Å². The molecule has 62 valence electrons. The number of aliphatic hydroxyl groups is 1.